The van der Waals surface area contributed by atoms with E-state index in [1.165, 1.54) is 0 Å². The second-order valence-corrected chi connectivity index (χ2v) is 5.60. The molecule has 2 N–H and O–H groups in total. The SMILES string of the molecule is O=C(O)CCNC(=O)N1CCN(C(=O)c2ccc(Cl)cc2)CC1. The van der Waals surface area contributed by atoms with Gasteiger partial charge in [-0.15, -0.1) is 0 Å². The van der Waals surface area contributed by atoms with E-state index in [0.29, 0.717) is 36.8 Å². The summed E-state index contributed by atoms with van der Waals surface area (Å²) in [6.07, 6.45) is -0.110. The predicted molar refractivity (Wildman–Crippen MR) is 84.6 cm³/mol. The molecular formula is C15H18ClN3O4. The van der Waals surface area contributed by atoms with Gasteiger partial charge in [-0.2, -0.15) is 0 Å². The van der Waals surface area contributed by atoms with E-state index in [-0.39, 0.29) is 24.9 Å². The molecule has 1 aliphatic rings. The minimum atomic E-state index is -0.955. The zero-order valence-electron chi connectivity index (χ0n) is 12.5. The molecule has 0 unspecified atom stereocenters. The van der Waals surface area contributed by atoms with Crippen LogP contribution >= 0.6 is 11.6 Å². The molecule has 1 aromatic rings. The van der Waals surface area contributed by atoms with Crippen LogP contribution in [0, 0.1) is 0 Å². The molecule has 2 rings (SSSR count). The first-order valence-corrected chi connectivity index (χ1v) is 7.64. The summed E-state index contributed by atoms with van der Waals surface area (Å²) in [5.41, 5.74) is 0.564. The van der Waals surface area contributed by atoms with Crippen LogP contribution in [0.1, 0.15) is 16.8 Å². The number of aliphatic carboxylic acids is 1. The molecule has 124 valence electrons. The first-order valence-electron chi connectivity index (χ1n) is 7.27. The molecule has 1 aromatic carbocycles. The van der Waals surface area contributed by atoms with E-state index >= 15 is 0 Å². The maximum Gasteiger partial charge on any atom is 0.317 e. The number of rotatable bonds is 4. The molecule has 23 heavy (non-hydrogen) atoms. The molecule has 0 radical (unpaired) electrons. The van der Waals surface area contributed by atoms with Crippen molar-refractivity contribution in [3.63, 3.8) is 0 Å². The summed E-state index contributed by atoms with van der Waals surface area (Å²) in [6.45, 7) is 1.80. The molecule has 1 aliphatic heterocycles. The van der Waals surface area contributed by atoms with Gasteiger partial charge in [-0.05, 0) is 24.3 Å². The fourth-order valence-corrected chi connectivity index (χ4v) is 2.40. The normalized spacial score (nSPS) is 14.5. The number of hydrogen-bond acceptors (Lipinski definition) is 3. The van der Waals surface area contributed by atoms with Crippen LogP contribution in [0.5, 0.6) is 0 Å². The lowest BCUT2D eigenvalue weighted by Gasteiger charge is -2.34. The largest absolute Gasteiger partial charge is 0.481 e. The Hall–Kier alpha value is -2.28. The van der Waals surface area contributed by atoms with E-state index in [0.717, 1.165) is 0 Å². The van der Waals surface area contributed by atoms with Gasteiger partial charge in [0.25, 0.3) is 5.91 Å². The summed E-state index contributed by atoms with van der Waals surface area (Å²) in [7, 11) is 0. The molecule has 0 bridgehead atoms. The standard InChI is InChI=1S/C15H18ClN3O4/c16-12-3-1-11(2-4-12)14(22)18-7-9-19(10-8-18)15(23)17-6-5-13(20)21/h1-4H,5-10H2,(H,17,23)(H,20,21). The highest BCUT2D eigenvalue weighted by atomic mass is 35.5. The predicted octanol–water partition coefficient (Wildman–Crippen LogP) is 1.28. The van der Waals surface area contributed by atoms with Gasteiger partial charge < -0.3 is 20.2 Å². The zero-order valence-corrected chi connectivity index (χ0v) is 13.3. The molecule has 0 atom stereocenters. The molecule has 3 amide bonds. The Bertz CT molecular complexity index is 583. The van der Waals surface area contributed by atoms with Gasteiger partial charge in [0, 0.05) is 43.3 Å². The van der Waals surface area contributed by atoms with Crippen LogP contribution < -0.4 is 5.32 Å². The van der Waals surface area contributed by atoms with Gasteiger partial charge in [0.1, 0.15) is 0 Å². The monoisotopic (exact) mass is 339 g/mol. The second-order valence-electron chi connectivity index (χ2n) is 5.16. The highest BCUT2D eigenvalue weighted by Gasteiger charge is 2.24. The third-order valence-corrected chi connectivity index (χ3v) is 3.81. The topological polar surface area (TPSA) is 89.9 Å². The molecule has 0 saturated carbocycles. The number of urea groups is 1. The highest BCUT2D eigenvalue weighted by molar-refractivity contribution is 6.30. The van der Waals surface area contributed by atoms with Crippen LogP contribution in [-0.4, -0.2) is 65.5 Å². The summed E-state index contributed by atoms with van der Waals surface area (Å²) in [5, 5.41) is 11.7. The summed E-state index contributed by atoms with van der Waals surface area (Å²) in [6, 6.07) is 6.39. The van der Waals surface area contributed by atoms with E-state index < -0.39 is 5.97 Å². The number of hydrogen-bond donors (Lipinski definition) is 2. The van der Waals surface area contributed by atoms with Gasteiger partial charge >= 0.3 is 12.0 Å². The molecular weight excluding hydrogens is 322 g/mol. The maximum atomic E-state index is 12.3. The fraction of sp³-hybridized carbons (Fsp3) is 0.400. The highest BCUT2D eigenvalue weighted by Crippen LogP contribution is 2.13. The van der Waals surface area contributed by atoms with E-state index in [9.17, 15) is 14.4 Å². The number of halogens is 1. The number of benzene rings is 1. The third-order valence-electron chi connectivity index (χ3n) is 3.56. The quantitative estimate of drug-likeness (QED) is 0.864. The lowest BCUT2D eigenvalue weighted by Crippen LogP contribution is -2.53. The molecule has 0 aromatic heterocycles. The first kappa shape index (κ1) is 17.1. The van der Waals surface area contributed by atoms with Gasteiger partial charge in [-0.25, -0.2) is 4.79 Å². The van der Waals surface area contributed by atoms with Crippen molar-refractivity contribution >= 4 is 29.5 Å². The van der Waals surface area contributed by atoms with Gasteiger partial charge in [0.2, 0.25) is 0 Å². The van der Waals surface area contributed by atoms with Gasteiger partial charge in [0.05, 0.1) is 6.42 Å². The second kappa shape index (κ2) is 7.82. The lowest BCUT2D eigenvalue weighted by molar-refractivity contribution is -0.136. The summed E-state index contributed by atoms with van der Waals surface area (Å²) in [5.74, 6) is -1.05. The van der Waals surface area contributed by atoms with Gasteiger partial charge in [0.15, 0.2) is 0 Å². The van der Waals surface area contributed by atoms with Crippen molar-refractivity contribution in [2.24, 2.45) is 0 Å². The molecule has 1 heterocycles. The lowest BCUT2D eigenvalue weighted by atomic mass is 10.2. The van der Waals surface area contributed by atoms with E-state index in [2.05, 4.69) is 5.32 Å². The minimum Gasteiger partial charge on any atom is -0.481 e. The summed E-state index contributed by atoms with van der Waals surface area (Å²) >= 11 is 5.80. The van der Waals surface area contributed by atoms with Crippen molar-refractivity contribution in [1.29, 1.82) is 0 Å². The van der Waals surface area contributed by atoms with Crippen molar-refractivity contribution < 1.29 is 19.5 Å². The van der Waals surface area contributed by atoms with Crippen LogP contribution in [0.15, 0.2) is 24.3 Å². The molecule has 0 spiro atoms. The van der Waals surface area contributed by atoms with Crippen LogP contribution in [0.2, 0.25) is 5.02 Å². The number of nitrogens with zero attached hydrogens (tertiary/aromatic N) is 2. The van der Waals surface area contributed by atoms with E-state index in [4.69, 9.17) is 16.7 Å². The Morgan fingerprint density at radius 3 is 2.17 bits per heavy atom. The Labute approximate surface area is 138 Å². The van der Waals surface area contributed by atoms with Gasteiger partial charge in [-0.3, -0.25) is 9.59 Å². The number of carboxylic acids is 1. The number of amides is 3. The Morgan fingerprint density at radius 1 is 1.04 bits per heavy atom. The third kappa shape index (κ3) is 4.85. The first-order chi connectivity index (χ1) is 11.0. The molecule has 1 fully saturated rings. The smallest absolute Gasteiger partial charge is 0.317 e. The van der Waals surface area contributed by atoms with E-state index in [1.807, 2.05) is 0 Å². The fourth-order valence-electron chi connectivity index (χ4n) is 2.28. The maximum absolute atomic E-state index is 12.3. The Balaban J connectivity index is 1.81. The average molecular weight is 340 g/mol. The average Bonchev–Trinajstić information content (AvgIpc) is 2.54. The van der Waals surface area contributed by atoms with Crippen molar-refractivity contribution in [3.05, 3.63) is 34.9 Å². The van der Waals surface area contributed by atoms with Crippen molar-refractivity contribution in [2.45, 2.75) is 6.42 Å². The Kier molecular flexibility index (Phi) is 5.81. The Morgan fingerprint density at radius 2 is 1.61 bits per heavy atom. The van der Waals surface area contributed by atoms with E-state index in [1.54, 1.807) is 34.1 Å². The molecule has 8 heteroatoms. The molecule has 0 aliphatic carbocycles. The molecule has 1 saturated heterocycles. The summed E-state index contributed by atoms with van der Waals surface area (Å²) < 4.78 is 0. The summed E-state index contributed by atoms with van der Waals surface area (Å²) in [4.78, 5) is 37.9. The number of carboxylic acid groups (broad SMARTS) is 1. The number of nitrogens with one attached hydrogen (secondary N) is 1. The van der Waals surface area contributed by atoms with Gasteiger partial charge in [-0.1, -0.05) is 11.6 Å². The van der Waals surface area contributed by atoms with Crippen LogP contribution in [-0.2, 0) is 4.79 Å². The number of carbonyl (C=O) groups is 3. The number of carbonyl (C=O) groups excluding carboxylic acids is 2. The zero-order chi connectivity index (χ0) is 16.8. The van der Waals surface area contributed by atoms with Crippen LogP contribution in [0.4, 0.5) is 4.79 Å². The van der Waals surface area contributed by atoms with Crippen LogP contribution in [0.3, 0.4) is 0 Å². The number of piperazine rings is 1. The minimum absolute atomic E-state index is 0.0902. The van der Waals surface area contributed by atoms with Crippen molar-refractivity contribution in [2.75, 3.05) is 32.7 Å². The molecule has 7 nitrogen and oxygen atoms in total. The van der Waals surface area contributed by atoms with Crippen LogP contribution in [0.25, 0.3) is 0 Å². The van der Waals surface area contributed by atoms with Crippen molar-refractivity contribution in [1.82, 2.24) is 15.1 Å². The van der Waals surface area contributed by atoms with Crippen molar-refractivity contribution in [3.8, 4) is 0 Å².